The van der Waals surface area contributed by atoms with E-state index in [0.717, 1.165) is 12.3 Å². The number of hydrogen-bond donors (Lipinski definition) is 1. The molecule has 0 aliphatic carbocycles. The molecule has 0 radical (unpaired) electrons. The molecule has 0 saturated heterocycles. The molecular weight excluding hydrogens is 259 g/mol. The van der Waals surface area contributed by atoms with Gasteiger partial charge in [0.15, 0.2) is 0 Å². The second-order valence-electron chi connectivity index (χ2n) is 4.20. The minimum Gasteiger partial charge on any atom is -0.488 e. The summed E-state index contributed by atoms with van der Waals surface area (Å²) in [6.07, 6.45) is -4.70. The van der Waals surface area contributed by atoms with Crippen LogP contribution in [0.3, 0.4) is 0 Å². The summed E-state index contributed by atoms with van der Waals surface area (Å²) in [5, 5.41) is 9.28. The third-order valence-corrected chi connectivity index (χ3v) is 2.60. The molecule has 0 fully saturated rings. The van der Waals surface area contributed by atoms with Crippen LogP contribution in [0.2, 0.25) is 0 Å². The van der Waals surface area contributed by atoms with Crippen LogP contribution in [-0.2, 0) is 6.18 Å². The lowest BCUT2D eigenvalue weighted by Gasteiger charge is -2.19. The Morgan fingerprint density at radius 3 is 2.42 bits per heavy atom. The van der Waals surface area contributed by atoms with Gasteiger partial charge in [-0.15, -0.1) is 0 Å². The van der Waals surface area contributed by atoms with Gasteiger partial charge in [0, 0.05) is 18.8 Å². The van der Waals surface area contributed by atoms with E-state index < -0.39 is 23.9 Å². The van der Waals surface area contributed by atoms with Gasteiger partial charge >= 0.3 is 6.18 Å². The van der Waals surface area contributed by atoms with Crippen LogP contribution in [-0.4, -0.2) is 30.6 Å². The normalized spacial score (nSPS) is 15.5. The lowest BCUT2D eigenvalue weighted by atomic mass is 10.1. The third-order valence-electron chi connectivity index (χ3n) is 2.60. The fourth-order valence-electron chi connectivity index (χ4n) is 1.42. The molecule has 1 aromatic carbocycles. The Morgan fingerprint density at radius 2 is 1.95 bits per heavy atom. The van der Waals surface area contributed by atoms with Crippen LogP contribution in [0, 0.1) is 0 Å². The van der Waals surface area contributed by atoms with Crippen molar-refractivity contribution in [2.45, 2.75) is 32.2 Å². The van der Waals surface area contributed by atoms with Gasteiger partial charge in [0.2, 0.25) is 0 Å². The van der Waals surface area contributed by atoms with E-state index in [4.69, 9.17) is 4.74 Å². The van der Waals surface area contributed by atoms with Crippen molar-refractivity contribution < 1.29 is 23.0 Å². The fourth-order valence-corrected chi connectivity index (χ4v) is 1.42. The van der Waals surface area contributed by atoms with Crippen molar-refractivity contribution >= 4 is 6.21 Å². The molecule has 1 N–H and O–H groups in total. The monoisotopic (exact) mass is 275 g/mol. The zero-order chi connectivity index (χ0) is 14.6. The van der Waals surface area contributed by atoms with E-state index in [2.05, 4.69) is 4.99 Å². The van der Waals surface area contributed by atoms with Gasteiger partial charge in [-0.25, -0.2) is 0 Å². The van der Waals surface area contributed by atoms with Crippen molar-refractivity contribution in [2.75, 3.05) is 7.05 Å². The van der Waals surface area contributed by atoms with Gasteiger partial charge in [-0.3, -0.25) is 4.99 Å². The van der Waals surface area contributed by atoms with Crippen molar-refractivity contribution in [3.8, 4) is 5.75 Å². The Balaban J connectivity index is 3.12. The Morgan fingerprint density at radius 1 is 1.32 bits per heavy atom. The summed E-state index contributed by atoms with van der Waals surface area (Å²) in [5.74, 6) is 0.0639. The van der Waals surface area contributed by atoms with Crippen LogP contribution < -0.4 is 4.74 Å². The van der Waals surface area contributed by atoms with Crippen molar-refractivity contribution in [1.82, 2.24) is 0 Å². The number of ether oxygens (including phenoxy) is 1. The standard InChI is InChI=1S/C13H16F3NO2/c1-8(18)9(2)19-11-5-4-10(7-17-3)12(6-11)13(14,15)16/h4-9,18H,1-3H3/t8-,9-/m1/s1. The highest BCUT2D eigenvalue weighted by atomic mass is 19.4. The summed E-state index contributed by atoms with van der Waals surface area (Å²) < 4.78 is 43.9. The van der Waals surface area contributed by atoms with Crippen LogP contribution >= 0.6 is 0 Å². The maximum absolute atomic E-state index is 12.9. The maximum Gasteiger partial charge on any atom is 0.417 e. The van der Waals surface area contributed by atoms with Crippen LogP contribution in [0.25, 0.3) is 0 Å². The topological polar surface area (TPSA) is 41.8 Å². The molecule has 1 aromatic rings. The molecule has 0 aromatic heterocycles. The van der Waals surface area contributed by atoms with Crippen LogP contribution in [0.5, 0.6) is 5.75 Å². The predicted octanol–water partition coefficient (Wildman–Crippen LogP) is 2.90. The van der Waals surface area contributed by atoms with E-state index in [-0.39, 0.29) is 11.3 Å². The molecule has 106 valence electrons. The minimum atomic E-state index is -4.48. The number of benzene rings is 1. The number of nitrogens with zero attached hydrogens (tertiary/aromatic N) is 1. The van der Waals surface area contributed by atoms with E-state index in [1.165, 1.54) is 26.1 Å². The maximum atomic E-state index is 12.9. The Labute approximate surface area is 109 Å². The van der Waals surface area contributed by atoms with Crippen molar-refractivity contribution in [3.05, 3.63) is 29.3 Å². The first-order valence-corrected chi connectivity index (χ1v) is 5.74. The number of aliphatic hydroxyl groups excluding tert-OH is 1. The molecule has 1 rings (SSSR count). The molecule has 2 atom stereocenters. The third kappa shape index (κ3) is 4.24. The minimum absolute atomic E-state index is 0.0212. The van der Waals surface area contributed by atoms with E-state index in [1.54, 1.807) is 6.92 Å². The van der Waals surface area contributed by atoms with Crippen molar-refractivity contribution in [3.63, 3.8) is 0 Å². The second kappa shape index (κ2) is 6.06. The molecule has 3 nitrogen and oxygen atoms in total. The number of hydrogen-bond acceptors (Lipinski definition) is 3. The molecule has 0 aliphatic heterocycles. The smallest absolute Gasteiger partial charge is 0.417 e. The number of halogens is 3. The lowest BCUT2D eigenvalue weighted by Crippen LogP contribution is -2.25. The van der Waals surface area contributed by atoms with Gasteiger partial charge < -0.3 is 9.84 Å². The molecule has 0 saturated carbocycles. The molecule has 0 amide bonds. The number of aliphatic imine (C=N–C) groups is 1. The van der Waals surface area contributed by atoms with Crippen molar-refractivity contribution in [2.24, 2.45) is 4.99 Å². The molecule has 0 bridgehead atoms. The number of alkyl halides is 3. The van der Waals surface area contributed by atoms with E-state index in [0.29, 0.717) is 0 Å². The van der Waals surface area contributed by atoms with Gasteiger partial charge in [-0.05, 0) is 32.0 Å². The van der Waals surface area contributed by atoms with Gasteiger partial charge in [-0.2, -0.15) is 13.2 Å². The summed E-state index contributed by atoms with van der Waals surface area (Å²) in [6, 6.07) is 3.63. The molecule has 6 heteroatoms. The first-order valence-electron chi connectivity index (χ1n) is 5.74. The predicted molar refractivity (Wildman–Crippen MR) is 66.7 cm³/mol. The highest BCUT2D eigenvalue weighted by Gasteiger charge is 2.33. The molecule has 0 spiro atoms. The Hall–Kier alpha value is -1.56. The zero-order valence-electron chi connectivity index (χ0n) is 10.9. The SMILES string of the molecule is CN=Cc1ccc(O[C@H](C)[C@@H](C)O)cc1C(F)(F)F. The summed E-state index contributed by atoms with van der Waals surface area (Å²) >= 11 is 0. The van der Waals surface area contributed by atoms with Crippen LogP contribution in [0.1, 0.15) is 25.0 Å². The van der Waals surface area contributed by atoms with Gasteiger partial charge in [0.25, 0.3) is 0 Å². The van der Waals surface area contributed by atoms with Gasteiger partial charge in [0.05, 0.1) is 11.7 Å². The van der Waals surface area contributed by atoms with Crippen molar-refractivity contribution in [1.29, 1.82) is 0 Å². The highest BCUT2D eigenvalue weighted by Crippen LogP contribution is 2.34. The zero-order valence-corrected chi connectivity index (χ0v) is 10.9. The Bertz CT molecular complexity index is 456. The van der Waals surface area contributed by atoms with E-state index in [9.17, 15) is 18.3 Å². The first-order chi connectivity index (χ1) is 8.75. The lowest BCUT2D eigenvalue weighted by molar-refractivity contribution is -0.137. The highest BCUT2D eigenvalue weighted by molar-refractivity contribution is 5.82. The second-order valence-corrected chi connectivity index (χ2v) is 4.20. The summed E-state index contributed by atoms with van der Waals surface area (Å²) in [4.78, 5) is 3.59. The van der Waals surface area contributed by atoms with Gasteiger partial charge in [0.1, 0.15) is 11.9 Å². The van der Waals surface area contributed by atoms with E-state index in [1.807, 2.05) is 0 Å². The first kappa shape index (κ1) is 15.5. The largest absolute Gasteiger partial charge is 0.488 e. The number of rotatable bonds is 4. The molecule has 0 heterocycles. The fraction of sp³-hybridized carbons (Fsp3) is 0.462. The summed E-state index contributed by atoms with van der Waals surface area (Å²) in [7, 11) is 1.40. The summed E-state index contributed by atoms with van der Waals surface area (Å²) in [6.45, 7) is 3.09. The van der Waals surface area contributed by atoms with Crippen LogP contribution in [0.4, 0.5) is 13.2 Å². The average molecular weight is 275 g/mol. The molecule has 0 aliphatic rings. The summed E-state index contributed by atoms with van der Waals surface area (Å²) in [5.41, 5.74) is -0.833. The molecular formula is C13H16F3NO2. The quantitative estimate of drug-likeness (QED) is 0.858. The van der Waals surface area contributed by atoms with Crippen LogP contribution in [0.15, 0.2) is 23.2 Å². The van der Waals surface area contributed by atoms with E-state index >= 15 is 0 Å². The molecule has 0 unspecified atom stereocenters. The Kier molecular flexibility index (Phi) is 4.94. The van der Waals surface area contributed by atoms with Gasteiger partial charge in [-0.1, -0.05) is 0 Å². The average Bonchev–Trinajstić information content (AvgIpc) is 2.29. The number of aliphatic hydroxyl groups is 1. The molecule has 19 heavy (non-hydrogen) atoms.